The Labute approximate surface area is 122 Å². The highest BCUT2D eigenvalue weighted by molar-refractivity contribution is 5.92. The first-order valence-corrected chi connectivity index (χ1v) is 7.07. The Morgan fingerprint density at radius 2 is 2.10 bits per heavy atom. The van der Waals surface area contributed by atoms with E-state index in [1.54, 1.807) is 6.20 Å². The lowest BCUT2D eigenvalue weighted by Gasteiger charge is -2.25. The summed E-state index contributed by atoms with van der Waals surface area (Å²) in [5.41, 5.74) is 8.23. The molecule has 0 bridgehead atoms. The van der Waals surface area contributed by atoms with Crippen molar-refractivity contribution in [2.75, 3.05) is 0 Å². The maximum Gasteiger partial charge on any atom is 0.340 e. The van der Waals surface area contributed by atoms with Crippen LogP contribution in [-0.4, -0.2) is 32.7 Å². The normalized spacial score (nSPS) is 15.4. The lowest BCUT2D eigenvalue weighted by molar-refractivity contribution is -0.133. The number of hydrogen-bond acceptors (Lipinski definition) is 3. The van der Waals surface area contributed by atoms with Crippen molar-refractivity contribution in [3.63, 3.8) is 0 Å². The van der Waals surface area contributed by atoms with Gasteiger partial charge in [-0.05, 0) is 37.5 Å². The van der Waals surface area contributed by atoms with Crippen molar-refractivity contribution in [2.45, 2.75) is 39.3 Å². The fourth-order valence-corrected chi connectivity index (χ4v) is 2.91. The quantitative estimate of drug-likeness (QED) is 0.865. The van der Waals surface area contributed by atoms with Gasteiger partial charge in [-0.2, -0.15) is 9.78 Å². The van der Waals surface area contributed by atoms with E-state index in [0.717, 1.165) is 22.9 Å². The topological polar surface area (TPSA) is 81.2 Å². The van der Waals surface area contributed by atoms with Gasteiger partial charge < -0.3 is 10.6 Å². The van der Waals surface area contributed by atoms with E-state index in [-0.39, 0.29) is 11.9 Å². The molecule has 2 aromatic rings. The molecule has 1 aromatic carbocycles. The summed E-state index contributed by atoms with van der Waals surface area (Å²) in [6.45, 7) is 4.57. The third-order valence-electron chi connectivity index (χ3n) is 4.05. The molecule has 0 atom stereocenters. The molecule has 2 amide bonds. The zero-order chi connectivity index (χ0) is 15.1. The zero-order valence-electron chi connectivity index (χ0n) is 12.2. The van der Waals surface area contributed by atoms with Crippen molar-refractivity contribution < 1.29 is 9.59 Å². The number of fused-ring (bicyclic) bond motifs is 3. The van der Waals surface area contributed by atoms with Gasteiger partial charge in [-0.1, -0.05) is 6.07 Å². The molecule has 0 fully saturated rings. The van der Waals surface area contributed by atoms with Crippen LogP contribution in [0, 0.1) is 0 Å². The lowest BCUT2D eigenvalue weighted by atomic mass is 10.0. The average Bonchev–Trinajstić information content (AvgIpc) is 2.78. The number of nitrogens with two attached hydrogens (primary N) is 1. The Morgan fingerprint density at radius 3 is 2.76 bits per heavy atom. The molecule has 6 heteroatoms. The molecule has 3 rings (SSSR count). The molecule has 1 aliphatic rings. The van der Waals surface area contributed by atoms with Crippen LogP contribution in [0.4, 0.5) is 4.79 Å². The maximum atomic E-state index is 12.2. The van der Waals surface area contributed by atoms with Crippen molar-refractivity contribution in [1.82, 2.24) is 14.7 Å². The van der Waals surface area contributed by atoms with Crippen molar-refractivity contribution in [1.29, 1.82) is 0 Å². The summed E-state index contributed by atoms with van der Waals surface area (Å²) in [4.78, 5) is 25.5. The molecule has 0 spiro atoms. The number of benzene rings is 1. The highest BCUT2D eigenvalue weighted by atomic mass is 16.2. The predicted molar refractivity (Wildman–Crippen MR) is 78.7 cm³/mol. The first kappa shape index (κ1) is 13.6. The molecular formula is C15H18N4O2. The van der Waals surface area contributed by atoms with Crippen molar-refractivity contribution in [2.24, 2.45) is 5.73 Å². The van der Waals surface area contributed by atoms with E-state index in [1.165, 1.54) is 4.68 Å². The molecule has 0 unspecified atom stereocenters. The Morgan fingerprint density at radius 1 is 1.33 bits per heavy atom. The molecule has 6 nitrogen and oxygen atoms in total. The van der Waals surface area contributed by atoms with Gasteiger partial charge in [0, 0.05) is 24.4 Å². The lowest BCUT2D eigenvalue weighted by Crippen LogP contribution is -2.35. The summed E-state index contributed by atoms with van der Waals surface area (Å²) < 4.78 is 1.20. The molecular weight excluding hydrogens is 268 g/mol. The number of amides is 2. The Bertz CT molecular complexity index is 733. The van der Waals surface area contributed by atoms with Crippen molar-refractivity contribution in [3.05, 3.63) is 29.5 Å². The van der Waals surface area contributed by atoms with Gasteiger partial charge in [0.2, 0.25) is 5.91 Å². The van der Waals surface area contributed by atoms with Crippen LogP contribution in [0.2, 0.25) is 0 Å². The van der Waals surface area contributed by atoms with Gasteiger partial charge in [0.05, 0.1) is 11.7 Å². The summed E-state index contributed by atoms with van der Waals surface area (Å²) >= 11 is 0. The van der Waals surface area contributed by atoms with Crippen LogP contribution in [0.5, 0.6) is 0 Å². The number of aromatic nitrogens is 2. The first-order chi connectivity index (χ1) is 9.99. The molecule has 0 saturated carbocycles. The Kier molecular flexibility index (Phi) is 3.16. The van der Waals surface area contributed by atoms with Gasteiger partial charge in [0.15, 0.2) is 0 Å². The summed E-state index contributed by atoms with van der Waals surface area (Å²) in [6.07, 6.45) is 2.89. The molecule has 1 aliphatic heterocycles. The molecule has 21 heavy (non-hydrogen) atoms. The molecule has 1 aromatic heterocycles. The molecule has 0 aliphatic carbocycles. The van der Waals surface area contributed by atoms with Gasteiger partial charge in [-0.25, -0.2) is 4.79 Å². The highest BCUT2D eigenvalue weighted by Crippen LogP contribution is 2.28. The van der Waals surface area contributed by atoms with Crippen LogP contribution in [0.3, 0.4) is 0 Å². The number of nitrogens with zero attached hydrogens (tertiary/aromatic N) is 3. The highest BCUT2D eigenvalue weighted by Gasteiger charge is 2.25. The number of hydrogen-bond donors (Lipinski definition) is 1. The second kappa shape index (κ2) is 4.87. The van der Waals surface area contributed by atoms with E-state index in [0.29, 0.717) is 18.5 Å². The van der Waals surface area contributed by atoms with E-state index in [2.05, 4.69) is 5.10 Å². The molecule has 2 N–H and O–H groups in total. The van der Waals surface area contributed by atoms with Gasteiger partial charge in [-0.3, -0.25) is 4.79 Å². The zero-order valence-corrected chi connectivity index (χ0v) is 12.2. The van der Waals surface area contributed by atoms with E-state index in [9.17, 15) is 9.59 Å². The van der Waals surface area contributed by atoms with Crippen LogP contribution in [-0.2, 0) is 17.8 Å². The SMILES string of the molecule is CC(C)N1Cc2c(ccc3c2cnn3C(N)=O)CCC1=O. The molecule has 0 radical (unpaired) electrons. The average molecular weight is 286 g/mol. The van der Waals surface area contributed by atoms with Crippen molar-refractivity contribution in [3.8, 4) is 0 Å². The fourth-order valence-electron chi connectivity index (χ4n) is 2.91. The second-order valence-electron chi connectivity index (χ2n) is 5.65. The predicted octanol–water partition coefficient (Wildman–Crippen LogP) is 1.65. The van der Waals surface area contributed by atoms with Gasteiger partial charge >= 0.3 is 6.03 Å². The van der Waals surface area contributed by atoms with Gasteiger partial charge in [0.1, 0.15) is 0 Å². The Hall–Kier alpha value is -2.37. The van der Waals surface area contributed by atoms with Crippen LogP contribution in [0.1, 0.15) is 31.4 Å². The summed E-state index contributed by atoms with van der Waals surface area (Å²) in [5, 5.41) is 4.96. The standard InChI is InChI=1S/C15H18N4O2/c1-9(2)18-8-12-10(4-6-14(18)20)3-5-13-11(12)7-17-19(13)15(16)21/h3,5,7,9H,4,6,8H2,1-2H3,(H2,16,21). The number of primary amides is 1. The Balaban J connectivity index is 2.17. The first-order valence-electron chi connectivity index (χ1n) is 7.07. The monoisotopic (exact) mass is 286 g/mol. The van der Waals surface area contributed by atoms with Crippen LogP contribution in [0.25, 0.3) is 10.9 Å². The van der Waals surface area contributed by atoms with Crippen LogP contribution in [0.15, 0.2) is 18.3 Å². The summed E-state index contributed by atoms with van der Waals surface area (Å²) in [5.74, 6) is 0.164. The van der Waals surface area contributed by atoms with Crippen molar-refractivity contribution >= 4 is 22.8 Å². The number of aryl methyl sites for hydroxylation is 1. The van der Waals surface area contributed by atoms with Crippen LogP contribution >= 0.6 is 0 Å². The maximum absolute atomic E-state index is 12.2. The molecule has 2 heterocycles. The van der Waals surface area contributed by atoms with E-state index >= 15 is 0 Å². The number of carbonyl (C=O) groups is 2. The number of carbonyl (C=O) groups excluding carboxylic acids is 2. The second-order valence-corrected chi connectivity index (χ2v) is 5.65. The summed E-state index contributed by atoms with van der Waals surface area (Å²) in [6, 6.07) is 3.36. The molecule has 0 saturated heterocycles. The van der Waals surface area contributed by atoms with Gasteiger partial charge in [0.25, 0.3) is 0 Å². The van der Waals surface area contributed by atoms with Crippen LogP contribution < -0.4 is 5.73 Å². The minimum atomic E-state index is -0.602. The number of rotatable bonds is 1. The minimum absolute atomic E-state index is 0.143. The van der Waals surface area contributed by atoms with E-state index in [1.807, 2.05) is 30.9 Å². The molecule has 110 valence electrons. The smallest absolute Gasteiger partial charge is 0.340 e. The fraction of sp³-hybridized carbons (Fsp3) is 0.400. The third-order valence-corrected chi connectivity index (χ3v) is 4.05. The largest absolute Gasteiger partial charge is 0.350 e. The van der Waals surface area contributed by atoms with E-state index < -0.39 is 6.03 Å². The minimum Gasteiger partial charge on any atom is -0.350 e. The van der Waals surface area contributed by atoms with Gasteiger partial charge in [-0.15, -0.1) is 0 Å². The third kappa shape index (κ3) is 2.16. The van der Waals surface area contributed by atoms with E-state index in [4.69, 9.17) is 5.73 Å². The summed E-state index contributed by atoms with van der Waals surface area (Å²) in [7, 11) is 0.